The van der Waals surface area contributed by atoms with Crippen LogP contribution in [0.4, 0.5) is 0 Å². The van der Waals surface area contributed by atoms with Gasteiger partial charge in [0.1, 0.15) is 17.2 Å². The summed E-state index contributed by atoms with van der Waals surface area (Å²) < 4.78 is 12.2. The fraction of sp³-hybridized carbons (Fsp3) is 0.346. The van der Waals surface area contributed by atoms with E-state index in [-0.39, 0.29) is 17.9 Å². The Hall–Kier alpha value is -4.01. The van der Waals surface area contributed by atoms with Gasteiger partial charge in [-0.25, -0.2) is 4.98 Å². The number of nitrogens with one attached hydrogen (secondary N) is 1. The third-order valence-electron chi connectivity index (χ3n) is 6.50. The third kappa shape index (κ3) is 4.80. The number of H-pyrrole nitrogens is 1. The van der Waals surface area contributed by atoms with Gasteiger partial charge < -0.3 is 14.1 Å². The van der Waals surface area contributed by atoms with Gasteiger partial charge in [-0.05, 0) is 61.6 Å². The molecule has 35 heavy (non-hydrogen) atoms. The van der Waals surface area contributed by atoms with Crippen LogP contribution in [0.2, 0.25) is 0 Å². The molecule has 1 aromatic carbocycles. The number of tetrazole rings is 1. The van der Waals surface area contributed by atoms with Gasteiger partial charge in [0.05, 0.1) is 5.56 Å². The predicted octanol–water partition coefficient (Wildman–Crippen LogP) is 4.27. The summed E-state index contributed by atoms with van der Waals surface area (Å²) in [6.07, 6.45) is 15.3. The maximum atomic E-state index is 12.7. The lowest BCUT2D eigenvalue weighted by atomic mass is 9.95. The van der Waals surface area contributed by atoms with E-state index >= 15 is 0 Å². The second kappa shape index (κ2) is 10.1. The van der Waals surface area contributed by atoms with Crippen molar-refractivity contribution in [2.75, 3.05) is 6.54 Å². The lowest BCUT2D eigenvalue weighted by Gasteiger charge is -2.30. The van der Waals surface area contributed by atoms with Gasteiger partial charge >= 0.3 is 0 Å². The van der Waals surface area contributed by atoms with Crippen LogP contribution in [-0.4, -0.2) is 43.0 Å². The topological polar surface area (TPSA) is 110 Å². The molecule has 1 aliphatic carbocycles. The Balaban J connectivity index is 1.51. The molecular formula is C26H28N6O3. The van der Waals surface area contributed by atoms with Crippen LogP contribution in [0, 0.1) is 12.8 Å². The van der Waals surface area contributed by atoms with E-state index in [2.05, 4.69) is 43.8 Å². The summed E-state index contributed by atoms with van der Waals surface area (Å²) in [5, 5.41) is 14.7. The molecule has 0 spiro atoms. The van der Waals surface area contributed by atoms with Crippen LogP contribution < -0.4 is 4.74 Å². The van der Waals surface area contributed by atoms with Crippen molar-refractivity contribution in [1.29, 1.82) is 0 Å². The van der Waals surface area contributed by atoms with Gasteiger partial charge in [-0.3, -0.25) is 4.79 Å². The first-order valence-corrected chi connectivity index (χ1v) is 11.8. The number of carbonyl (C=O) groups excluding carboxylic acids is 1. The lowest BCUT2D eigenvalue weighted by Crippen LogP contribution is -2.34. The summed E-state index contributed by atoms with van der Waals surface area (Å²) >= 11 is 0. The summed E-state index contributed by atoms with van der Waals surface area (Å²) in [6, 6.07) is 4.07. The first kappa shape index (κ1) is 22.8. The molecular weight excluding hydrogens is 444 g/mol. The molecule has 2 aliphatic rings. The summed E-state index contributed by atoms with van der Waals surface area (Å²) in [7, 11) is 0. The molecule has 1 aliphatic heterocycles. The number of fused-ring (bicyclic) bond motifs is 1. The molecule has 0 saturated carbocycles. The number of aromatic nitrogens is 5. The smallest absolute Gasteiger partial charge is 0.246 e. The standard InChI is InChI=1S/C26H28N6O3/c1-3-4-5-10-23(33)32-12-11-19-13-21(26-28-30-31-29-26)22(14-20(19)15-32)35-25(18-8-6-7-9-18)24-17(2)34-16-27-24/h3-6,8,10,13-14,16,18,25H,7,9,11-12,15H2,1-2H3,(H,28,29,30,31)/b4-3+,10-5+. The number of carbonyl (C=O) groups is 1. The largest absolute Gasteiger partial charge is 0.483 e. The molecule has 3 heterocycles. The Bertz CT molecular complexity index is 1270. The van der Waals surface area contributed by atoms with E-state index in [0.29, 0.717) is 24.7 Å². The Labute approximate surface area is 203 Å². The highest BCUT2D eigenvalue weighted by Crippen LogP contribution is 2.40. The zero-order valence-electron chi connectivity index (χ0n) is 19.8. The highest BCUT2D eigenvalue weighted by Gasteiger charge is 2.31. The minimum atomic E-state index is -0.318. The molecule has 180 valence electrons. The third-order valence-corrected chi connectivity index (χ3v) is 6.50. The minimum absolute atomic E-state index is 0.00865. The highest BCUT2D eigenvalue weighted by molar-refractivity contribution is 5.88. The quantitative estimate of drug-likeness (QED) is 0.311. The number of allylic oxidation sites excluding steroid dienone is 4. The molecule has 0 fully saturated rings. The molecule has 1 amide bonds. The van der Waals surface area contributed by atoms with Crippen molar-refractivity contribution in [3.8, 4) is 17.1 Å². The van der Waals surface area contributed by atoms with Crippen LogP contribution in [0.25, 0.3) is 11.4 Å². The number of aryl methyl sites for hydroxylation is 1. The van der Waals surface area contributed by atoms with Crippen molar-refractivity contribution in [1.82, 2.24) is 30.5 Å². The van der Waals surface area contributed by atoms with E-state index in [0.717, 1.165) is 47.4 Å². The van der Waals surface area contributed by atoms with E-state index in [1.165, 1.54) is 6.39 Å². The fourth-order valence-electron chi connectivity index (χ4n) is 4.66. The van der Waals surface area contributed by atoms with Crippen molar-refractivity contribution < 1.29 is 13.9 Å². The normalized spacial score (nSPS) is 18.5. The van der Waals surface area contributed by atoms with Crippen molar-refractivity contribution in [2.45, 2.75) is 45.8 Å². The molecule has 2 aromatic heterocycles. The lowest BCUT2D eigenvalue weighted by molar-refractivity contribution is -0.126. The van der Waals surface area contributed by atoms with Crippen LogP contribution in [0.1, 0.15) is 48.5 Å². The van der Waals surface area contributed by atoms with Crippen LogP contribution in [0.3, 0.4) is 0 Å². The number of nitrogens with zero attached hydrogens (tertiary/aromatic N) is 5. The summed E-state index contributed by atoms with van der Waals surface area (Å²) in [4.78, 5) is 19.0. The van der Waals surface area contributed by atoms with Crippen molar-refractivity contribution in [3.05, 3.63) is 77.6 Å². The average Bonchev–Trinajstić information content (AvgIpc) is 3.65. The molecule has 1 N–H and O–H groups in total. The Morgan fingerprint density at radius 1 is 1.31 bits per heavy atom. The number of oxazole rings is 1. The van der Waals surface area contributed by atoms with Crippen molar-refractivity contribution >= 4 is 5.91 Å². The first-order valence-electron chi connectivity index (χ1n) is 11.8. The Morgan fingerprint density at radius 3 is 2.94 bits per heavy atom. The number of rotatable bonds is 7. The van der Waals surface area contributed by atoms with E-state index in [1.807, 2.05) is 37.0 Å². The van der Waals surface area contributed by atoms with Crippen LogP contribution in [-0.2, 0) is 17.8 Å². The zero-order chi connectivity index (χ0) is 24.2. The van der Waals surface area contributed by atoms with E-state index in [4.69, 9.17) is 9.15 Å². The van der Waals surface area contributed by atoms with Gasteiger partial charge in [0.2, 0.25) is 11.7 Å². The first-order chi connectivity index (χ1) is 17.1. The Kier molecular flexibility index (Phi) is 6.56. The predicted molar refractivity (Wildman–Crippen MR) is 129 cm³/mol. The van der Waals surface area contributed by atoms with Gasteiger partial charge in [0.15, 0.2) is 12.5 Å². The van der Waals surface area contributed by atoms with Crippen LogP contribution >= 0.6 is 0 Å². The molecule has 0 bridgehead atoms. The van der Waals surface area contributed by atoms with Crippen molar-refractivity contribution in [2.24, 2.45) is 5.92 Å². The summed E-state index contributed by atoms with van der Waals surface area (Å²) in [6.45, 7) is 4.97. The van der Waals surface area contributed by atoms with Gasteiger partial charge in [-0.1, -0.05) is 30.4 Å². The molecule has 3 aromatic rings. The summed E-state index contributed by atoms with van der Waals surface area (Å²) in [5.41, 5.74) is 3.74. The molecule has 9 nitrogen and oxygen atoms in total. The molecule has 9 heteroatoms. The number of amides is 1. The molecule has 0 saturated heterocycles. The second-order valence-electron chi connectivity index (χ2n) is 8.75. The van der Waals surface area contributed by atoms with Gasteiger partial charge in [0.25, 0.3) is 0 Å². The molecule has 5 rings (SSSR count). The number of hydrogen-bond acceptors (Lipinski definition) is 7. The highest BCUT2D eigenvalue weighted by atomic mass is 16.5. The van der Waals surface area contributed by atoms with E-state index in [9.17, 15) is 4.79 Å². The maximum Gasteiger partial charge on any atom is 0.246 e. The van der Waals surface area contributed by atoms with Gasteiger partial charge in [-0.15, -0.1) is 10.2 Å². The Morgan fingerprint density at radius 2 is 2.23 bits per heavy atom. The number of aromatic amines is 1. The number of hydrogen-bond donors (Lipinski definition) is 1. The molecule has 2 atom stereocenters. The van der Waals surface area contributed by atoms with Crippen LogP contribution in [0.15, 0.2) is 59.4 Å². The average molecular weight is 473 g/mol. The van der Waals surface area contributed by atoms with Crippen molar-refractivity contribution in [3.63, 3.8) is 0 Å². The zero-order valence-corrected chi connectivity index (χ0v) is 19.8. The number of benzene rings is 1. The van der Waals surface area contributed by atoms with Gasteiger partial charge in [0, 0.05) is 25.1 Å². The summed E-state index contributed by atoms with van der Waals surface area (Å²) in [5.74, 6) is 2.00. The SMILES string of the molecule is C/C=C/C=C/C(=O)N1CCc2cc(-c3nn[nH]n3)c(OC(c3ncoc3C)C3C=CCC3)cc2C1. The minimum Gasteiger partial charge on any atom is -0.483 e. The van der Waals surface area contributed by atoms with E-state index < -0.39 is 0 Å². The maximum absolute atomic E-state index is 12.7. The van der Waals surface area contributed by atoms with Crippen LogP contribution in [0.5, 0.6) is 5.75 Å². The fourth-order valence-corrected chi connectivity index (χ4v) is 4.66. The second-order valence-corrected chi connectivity index (χ2v) is 8.75. The monoisotopic (exact) mass is 472 g/mol. The molecule has 0 radical (unpaired) electrons. The van der Waals surface area contributed by atoms with Gasteiger partial charge in [-0.2, -0.15) is 5.21 Å². The molecule has 2 unspecified atom stereocenters. The van der Waals surface area contributed by atoms with E-state index in [1.54, 1.807) is 12.2 Å². The number of ether oxygens (including phenoxy) is 1.